The minimum atomic E-state index is 0.533. The fourth-order valence-electron chi connectivity index (χ4n) is 2.37. The van der Waals surface area contributed by atoms with Gasteiger partial charge in [-0.3, -0.25) is 5.43 Å². The molecule has 0 bridgehead atoms. The van der Waals surface area contributed by atoms with Gasteiger partial charge in [0.1, 0.15) is 0 Å². The van der Waals surface area contributed by atoms with Gasteiger partial charge in [0.25, 0.3) is 0 Å². The maximum Gasteiger partial charge on any atom is 0.186 e. The maximum atomic E-state index is 5.08. The molecule has 0 aliphatic heterocycles. The highest BCUT2D eigenvalue weighted by atomic mass is 32.1. The van der Waals surface area contributed by atoms with Gasteiger partial charge >= 0.3 is 0 Å². The molecule has 1 heterocycles. The molecule has 0 atom stereocenters. The van der Waals surface area contributed by atoms with Gasteiger partial charge in [-0.1, -0.05) is 17.7 Å². The molecule has 0 saturated carbocycles. The molecule has 5 heteroatoms. The Labute approximate surface area is 137 Å². The number of thiocarbonyl (C=S) groups is 1. The zero-order chi connectivity index (χ0) is 16.1. The molecule has 116 valence electrons. The predicted molar refractivity (Wildman–Crippen MR) is 97.0 cm³/mol. The Bertz CT molecular complexity index is 683. The van der Waals surface area contributed by atoms with Crippen LogP contribution in [0.1, 0.15) is 29.4 Å². The first-order valence-corrected chi connectivity index (χ1v) is 7.76. The molecule has 0 spiro atoms. The van der Waals surface area contributed by atoms with Crippen molar-refractivity contribution in [2.75, 3.05) is 6.54 Å². The van der Waals surface area contributed by atoms with Crippen LogP contribution in [-0.2, 0) is 0 Å². The van der Waals surface area contributed by atoms with Crippen LogP contribution in [0.25, 0.3) is 5.69 Å². The van der Waals surface area contributed by atoms with Gasteiger partial charge in [-0.2, -0.15) is 5.10 Å². The summed E-state index contributed by atoms with van der Waals surface area (Å²) in [6.45, 7) is 9.06. The lowest BCUT2D eigenvalue weighted by molar-refractivity contribution is 0.903. The highest BCUT2D eigenvalue weighted by molar-refractivity contribution is 7.80. The Hall–Kier alpha value is -2.14. The summed E-state index contributed by atoms with van der Waals surface area (Å²) in [5.41, 5.74) is 8.64. The summed E-state index contributed by atoms with van der Waals surface area (Å²) in [6, 6.07) is 10.6. The highest BCUT2D eigenvalue weighted by Gasteiger charge is 2.09. The Balaban J connectivity index is 2.22. The van der Waals surface area contributed by atoms with Gasteiger partial charge < -0.3 is 9.88 Å². The van der Waals surface area contributed by atoms with Crippen molar-refractivity contribution in [2.45, 2.75) is 27.7 Å². The molecular formula is C17H22N4S. The summed E-state index contributed by atoms with van der Waals surface area (Å²) < 4.78 is 2.23. The van der Waals surface area contributed by atoms with Gasteiger partial charge in [-0.05, 0) is 58.1 Å². The van der Waals surface area contributed by atoms with E-state index in [1.807, 2.05) is 6.92 Å². The Morgan fingerprint density at radius 1 is 1.23 bits per heavy atom. The third-order valence-corrected chi connectivity index (χ3v) is 3.71. The summed E-state index contributed by atoms with van der Waals surface area (Å²) in [7, 11) is 0. The number of nitrogens with one attached hydrogen (secondary N) is 2. The smallest absolute Gasteiger partial charge is 0.186 e. The minimum Gasteiger partial charge on any atom is -0.362 e. The second-order valence-corrected chi connectivity index (χ2v) is 5.64. The van der Waals surface area contributed by atoms with E-state index in [-0.39, 0.29) is 0 Å². The molecule has 0 aliphatic carbocycles. The second kappa shape index (κ2) is 7.22. The number of benzene rings is 1. The summed E-state index contributed by atoms with van der Waals surface area (Å²) >= 11 is 5.08. The lowest BCUT2D eigenvalue weighted by Crippen LogP contribution is -2.31. The fourth-order valence-corrected chi connectivity index (χ4v) is 2.57. The molecule has 2 aromatic rings. The first-order valence-electron chi connectivity index (χ1n) is 7.35. The molecule has 4 nitrogen and oxygen atoms in total. The maximum absolute atomic E-state index is 5.08. The van der Waals surface area contributed by atoms with Gasteiger partial charge in [0, 0.05) is 29.2 Å². The van der Waals surface area contributed by atoms with Crippen molar-refractivity contribution in [3.63, 3.8) is 0 Å². The molecule has 0 unspecified atom stereocenters. The fraction of sp³-hybridized carbons (Fsp3) is 0.294. The van der Waals surface area contributed by atoms with E-state index in [0.717, 1.165) is 23.5 Å². The molecule has 0 saturated heterocycles. The van der Waals surface area contributed by atoms with Crippen molar-refractivity contribution in [1.82, 2.24) is 15.3 Å². The molecule has 2 N–H and O–H groups in total. The zero-order valence-corrected chi connectivity index (χ0v) is 14.3. The van der Waals surface area contributed by atoms with E-state index < -0.39 is 0 Å². The van der Waals surface area contributed by atoms with Crippen LogP contribution in [0.15, 0.2) is 35.4 Å². The van der Waals surface area contributed by atoms with Crippen molar-refractivity contribution >= 4 is 23.5 Å². The second-order valence-electron chi connectivity index (χ2n) is 5.23. The number of nitrogens with zero attached hydrogens (tertiary/aromatic N) is 2. The van der Waals surface area contributed by atoms with E-state index >= 15 is 0 Å². The third kappa shape index (κ3) is 3.74. The molecule has 0 amide bonds. The van der Waals surface area contributed by atoms with Crippen LogP contribution in [0.2, 0.25) is 0 Å². The van der Waals surface area contributed by atoms with Gasteiger partial charge in [0.15, 0.2) is 5.11 Å². The predicted octanol–water partition coefficient (Wildman–Crippen LogP) is 3.22. The van der Waals surface area contributed by atoms with E-state index in [2.05, 4.69) is 71.5 Å². The van der Waals surface area contributed by atoms with Crippen LogP contribution in [0, 0.1) is 20.8 Å². The van der Waals surface area contributed by atoms with Gasteiger partial charge in [-0.25, -0.2) is 0 Å². The van der Waals surface area contributed by atoms with Gasteiger partial charge in [-0.15, -0.1) is 0 Å². The average Bonchev–Trinajstić information content (AvgIpc) is 2.75. The van der Waals surface area contributed by atoms with Crippen LogP contribution in [-0.4, -0.2) is 22.4 Å². The average molecular weight is 314 g/mol. The number of aromatic nitrogens is 1. The van der Waals surface area contributed by atoms with Crippen LogP contribution in [0.4, 0.5) is 0 Å². The molecule has 2 rings (SSSR count). The first kappa shape index (κ1) is 16.2. The number of hydrogen-bond acceptors (Lipinski definition) is 2. The number of rotatable bonds is 4. The molecular weight excluding hydrogens is 292 g/mol. The molecule has 0 aliphatic rings. The molecule has 0 fully saturated rings. The molecule has 22 heavy (non-hydrogen) atoms. The van der Waals surface area contributed by atoms with E-state index in [1.54, 1.807) is 6.21 Å². The van der Waals surface area contributed by atoms with Crippen molar-refractivity contribution in [3.05, 3.63) is 52.8 Å². The van der Waals surface area contributed by atoms with Crippen molar-refractivity contribution in [1.29, 1.82) is 0 Å². The molecule has 1 aromatic carbocycles. The number of aryl methyl sites for hydroxylation is 2. The SMILES string of the molecule is CCNC(=S)NN=Cc1cc(C)n(-c2ccc(C)cc2)c1C. The summed E-state index contributed by atoms with van der Waals surface area (Å²) in [4.78, 5) is 0. The lowest BCUT2D eigenvalue weighted by atomic mass is 10.2. The van der Waals surface area contributed by atoms with Crippen LogP contribution < -0.4 is 10.7 Å². The highest BCUT2D eigenvalue weighted by Crippen LogP contribution is 2.20. The van der Waals surface area contributed by atoms with E-state index in [0.29, 0.717) is 5.11 Å². The molecule has 0 radical (unpaired) electrons. The molecule has 1 aromatic heterocycles. The zero-order valence-electron chi connectivity index (χ0n) is 13.5. The Morgan fingerprint density at radius 3 is 2.55 bits per heavy atom. The van der Waals surface area contributed by atoms with Crippen molar-refractivity contribution in [3.8, 4) is 5.69 Å². The van der Waals surface area contributed by atoms with E-state index in [1.165, 1.54) is 11.3 Å². The summed E-state index contributed by atoms with van der Waals surface area (Å²) in [5.74, 6) is 0. The van der Waals surface area contributed by atoms with Gasteiger partial charge in [0.2, 0.25) is 0 Å². The topological polar surface area (TPSA) is 41.4 Å². The van der Waals surface area contributed by atoms with Crippen molar-refractivity contribution in [2.24, 2.45) is 5.10 Å². The largest absolute Gasteiger partial charge is 0.362 e. The Morgan fingerprint density at radius 2 is 1.91 bits per heavy atom. The van der Waals surface area contributed by atoms with Gasteiger partial charge in [0.05, 0.1) is 6.21 Å². The van der Waals surface area contributed by atoms with E-state index in [4.69, 9.17) is 12.2 Å². The van der Waals surface area contributed by atoms with Crippen LogP contribution in [0.3, 0.4) is 0 Å². The van der Waals surface area contributed by atoms with Crippen LogP contribution >= 0.6 is 12.2 Å². The summed E-state index contributed by atoms with van der Waals surface area (Å²) in [6.07, 6.45) is 1.80. The third-order valence-electron chi connectivity index (χ3n) is 3.47. The normalized spacial score (nSPS) is 10.9. The minimum absolute atomic E-state index is 0.533. The van der Waals surface area contributed by atoms with E-state index in [9.17, 15) is 0 Å². The lowest BCUT2D eigenvalue weighted by Gasteiger charge is -2.09. The summed E-state index contributed by atoms with van der Waals surface area (Å²) in [5, 5.41) is 7.72. The number of hydrazone groups is 1. The number of hydrogen-bond donors (Lipinski definition) is 2. The Kier molecular flexibility index (Phi) is 5.33. The first-order chi connectivity index (χ1) is 10.5. The van der Waals surface area contributed by atoms with Crippen LogP contribution in [0.5, 0.6) is 0 Å². The monoisotopic (exact) mass is 314 g/mol. The quantitative estimate of drug-likeness (QED) is 0.517. The standard InChI is InChI=1S/C17H22N4S/c1-5-18-17(22)20-19-11-15-10-13(3)21(14(15)4)16-8-6-12(2)7-9-16/h6-11H,5H2,1-4H3,(H2,18,20,22). The van der Waals surface area contributed by atoms with Crippen molar-refractivity contribution < 1.29 is 0 Å².